The summed E-state index contributed by atoms with van der Waals surface area (Å²) in [6, 6.07) is 18.1. The van der Waals surface area contributed by atoms with Crippen LogP contribution in [0.5, 0.6) is 0 Å². The van der Waals surface area contributed by atoms with Gasteiger partial charge < -0.3 is 11.1 Å². The van der Waals surface area contributed by atoms with E-state index in [1.807, 2.05) is 0 Å². The van der Waals surface area contributed by atoms with Gasteiger partial charge in [0, 0.05) is 12.1 Å². The molecule has 1 amide bonds. The Morgan fingerprint density at radius 2 is 1.65 bits per heavy atom. The van der Waals surface area contributed by atoms with Crippen LogP contribution in [-0.4, -0.2) is 5.91 Å². The molecule has 0 fully saturated rings. The molecule has 3 rings (SSSR count). The first-order chi connectivity index (χ1) is 14.6. The van der Waals surface area contributed by atoms with Gasteiger partial charge in [-0.25, -0.2) is 4.39 Å². The molecule has 0 aliphatic rings. The normalized spacial score (nSPS) is 13.2. The van der Waals surface area contributed by atoms with Crippen molar-refractivity contribution in [2.75, 3.05) is 5.32 Å². The average molecular weight is 427 g/mol. The third kappa shape index (κ3) is 4.90. The molecular formula is C23H17F4N3O. The highest BCUT2D eigenvalue weighted by Crippen LogP contribution is 2.34. The van der Waals surface area contributed by atoms with E-state index in [2.05, 4.69) is 5.32 Å². The molecule has 3 aromatic carbocycles. The average Bonchev–Trinajstić information content (AvgIpc) is 2.75. The van der Waals surface area contributed by atoms with Crippen molar-refractivity contribution in [3.63, 3.8) is 0 Å². The molecule has 0 unspecified atom stereocenters. The van der Waals surface area contributed by atoms with E-state index in [9.17, 15) is 22.4 Å². The number of hydrogen-bond acceptors (Lipinski definition) is 3. The predicted molar refractivity (Wildman–Crippen MR) is 107 cm³/mol. The molecule has 0 bridgehead atoms. The van der Waals surface area contributed by atoms with Crippen molar-refractivity contribution in [1.82, 2.24) is 0 Å². The van der Waals surface area contributed by atoms with E-state index < -0.39 is 34.6 Å². The lowest BCUT2D eigenvalue weighted by Gasteiger charge is -2.29. The number of rotatable bonds is 5. The van der Waals surface area contributed by atoms with E-state index in [0.717, 1.165) is 6.07 Å². The van der Waals surface area contributed by atoms with Crippen molar-refractivity contribution in [3.8, 4) is 6.07 Å². The van der Waals surface area contributed by atoms with E-state index in [4.69, 9.17) is 11.0 Å². The van der Waals surface area contributed by atoms with Crippen molar-refractivity contribution >= 4 is 11.6 Å². The number of benzene rings is 3. The minimum Gasteiger partial charge on any atom is -0.324 e. The van der Waals surface area contributed by atoms with Crippen LogP contribution in [0.25, 0.3) is 0 Å². The lowest BCUT2D eigenvalue weighted by Crippen LogP contribution is -2.50. The van der Waals surface area contributed by atoms with Crippen LogP contribution in [-0.2, 0) is 22.9 Å². The van der Waals surface area contributed by atoms with Crippen molar-refractivity contribution in [2.45, 2.75) is 18.1 Å². The number of nitrogens with zero attached hydrogens (tertiary/aromatic N) is 1. The molecule has 0 radical (unpaired) electrons. The number of amides is 1. The van der Waals surface area contributed by atoms with Crippen LogP contribution in [0.1, 0.15) is 22.3 Å². The van der Waals surface area contributed by atoms with E-state index in [1.54, 1.807) is 30.3 Å². The first kappa shape index (κ1) is 22.0. The topological polar surface area (TPSA) is 78.9 Å². The minimum absolute atomic E-state index is 0.0223. The van der Waals surface area contributed by atoms with Crippen molar-refractivity contribution in [2.24, 2.45) is 5.73 Å². The summed E-state index contributed by atoms with van der Waals surface area (Å²) in [6.45, 7) is 0. The van der Waals surface area contributed by atoms with E-state index >= 15 is 0 Å². The van der Waals surface area contributed by atoms with Crippen LogP contribution in [0.15, 0.2) is 72.8 Å². The van der Waals surface area contributed by atoms with Crippen LogP contribution < -0.4 is 11.1 Å². The Hall–Kier alpha value is -3.70. The van der Waals surface area contributed by atoms with Crippen molar-refractivity contribution in [3.05, 3.63) is 101 Å². The van der Waals surface area contributed by atoms with Crippen LogP contribution in [0.2, 0.25) is 0 Å². The fourth-order valence-electron chi connectivity index (χ4n) is 3.17. The Labute approximate surface area is 175 Å². The van der Waals surface area contributed by atoms with Gasteiger partial charge in [-0.05, 0) is 41.5 Å². The molecule has 0 saturated heterocycles. The second-order valence-electron chi connectivity index (χ2n) is 6.96. The number of nitrogens with two attached hydrogens (primary N) is 1. The number of nitriles is 1. The van der Waals surface area contributed by atoms with Gasteiger partial charge in [0.1, 0.15) is 11.4 Å². The first-order valence-electron chi connectivity index (χ1n) is 9.15. The predicted octanol–water partition coefficient (Wildman–Crippen LogP) is 4.75. The van der Waals surface area contributed by atoms with Gasteiger partial charge in [-0.3, -0.25) is 4.79 Å². The maximum atomic E-state index is 13.3. The van der Waals surface area contributed by atoms with Gasteiger partial charge in [-0.1, -0.05) is 42.5 Å². The summed E-state index contributed by atoms with van der Waals surface area (Å²) < 4.78 is 53.0. The highest BCUT2D eigenvalue weighted by molar-refractivity contribution is 5.99. The smallest absolute Gasteiger partial charge is 0.324 e. The second kappa shape index (κ2) is 8.58. The maximum absolute atomic E-state index is 13.3. The van der Waals surface area contributed by atoms with Crippen molar-refractivity contribution < 1.29 is 22.4 Å². The molecule has 0 saturated carbocycles. The number of halogens is 4. The molecule has 1 atom stereocenters. The zero-order valence-electron chi connectivity index (χ0n) is 16.1. The first-order valence-corrected chi connectivity index (χ1v) is 9.15. The molecule has 3 N–H and O–H groups in total. The Morgan fingerprint density at radius 1 is 1.00 bits per heavy atom. The largest absolute Gasteiger partial charge is 0.417 e. The number of hydrogen-bond donors (Lipinski definition) is 2. The van der Waals surface area contributed by atoms with Gasteiger partial charge in [0.2, 0.25) is 5.91 Å². The third-order valence-corrected chi connectivity index (χ3v) is 4.79. The second-order valence-corrected chi connectivity index (χ2v) is 6.96. The van der Waals surface area contributed by atoms with Gasteiger partial charge in [-0.15, -0.1) is 0 Å². The fourth-order valence-corrected chi connectivity index (χ4v) is 3.17. The highest BCUT2D eigenvalue weighted by atomic mass is 19.4. The molecule has 0 spiro atoms. The van der Waals surface area contributed by atoms with Gasteiger partial charge in [0.05, 0.1) is 17.2 Å². The highest BCUT2D eigenvalue weighted by Gasteiger charge is 2.37. The number of carbonyl (C=O) groups is 1. The van der Waals surface area contributed by atoms with Gasteiger partial charge >= 0.3 is 6.18 Å². The van der Waals surface area contributed by atoms with Crippen molar-refractivity contribution in [1.29, 1.82) is 5.26 Å². The number of anilines is 1. The summed E-state index contributed by atoms with van der Waals surface area (Å²) in [4.78, 5) is 13.2. The Kier molecular flexibility index (Phi) is 6.09. The monoisotopic (exact) mass is 427 g/mol. The molecule has 0 heterocycles. The Bertz CT molecular complexity index is 1120. The van der Waals surface area contributed by atoms with E-state index in [0.29, 0.717) is 17.2 Å². The standard InChI is InChI=1S/C23H17F4N3O/c24-18-9-6-15(7-10-18)13-22(29,17-4-2-1-3-5-17)21(31)30-19-11-8-16(14-28)20(12-19)23(25,26)27/h1-12H,13,29H2,(H,30,31)/t22-/m0/s1. The zero-order chi connectivity index (χ0) is 22.6. The van der Waals surface area contributed by atoms with Crippen LogP contribution in [0.3, 0.4) is 0 Å². The Morgan fingerprint density at radius 3 is 2.23 bits per heavy atom. The number of carbonyl (C=O) groups excluding carboxylic acids is 1. The molecule has 3 aromatic rings. The Balaban J connectivity index is 1.98. The summed E-state index contributed by atoms with van der Waals surface area (Å²) >= 11 is 0. The SMILES string of the molecule is N#Cc1ccc(NC(=O)[C@](N)(Cc2ccc(F)cc2)c2ccccc2)cc1C(F)(F)F. The quantitative estimate of drug-likeness (QED) is 0.577. The summed E-state index contributed by atoms with van der Waals surface area (Å²) in [5.41, 5.74) is 3.97. The molecule has 158 valence electrons. The zero-order valence-corrected chi connectivity index (χ0v) is 16.1. The van der Waals surface area contributed by atoms with Crippen LogP contribution in [0, 0.1) is 17.1 Å². The van der Waals surface area contributed by atoms with Crippen LogP contribution >= 0.6 is 0 Å². The van der Waals surface area contributed by atoms with E-state index in [1.165, 1.54) is 36.4 Å². The molecule has 31 heavy (non-hydrogen) atoms. The van der Waals surface area contributed by atoms with Gasteiger partial charge in [0.25, 0.3) is 0 Å². The third-order valence-electron chi connectivity index (χ3n) is 4.79. The number of alkyl halides is 3. The minimum atomic E-state index is -4.76. The summed E-state index contributed by atoms with van der Waals surface area (Å²) in [5, 5.41) is 11.4. The molecule has 8 heteroatoms. The summed E-state index contributed by atoms with van der Waals surface area (Å²) in [7, 11) is 0. The summed E-state index contributed by atoms with van der Waals surface area (Å²) in [6.07, 6.45) is -4.79. The maximum Gasteiger partial charge on any atom is 0.417 e. The summed E-state index contributed by atoms with van der Waals surface area (Å²) in [5.74, 6) is -1.20. The molecule has 4 nitrogen and oxygen atoms in total. The van der Waals surface area contributed by atoms with Crippen LogP contribution in [0.4, 0.5) is 23.2 Å². The fraction of sp³-hybridized carbons (Fsp3) is 0.130. The lowest BCUT2D eigenvalue weighted by molar-refractivity contribution is -0.137. The van der Waals surface area contributed by atoms with Gasteiger partial charge in [-0.2, -0.15) is 18.4 Å². The van der Waals surface area contributed by atoms with Gasteiger partial charge in [0.15, 0.2) is 0 Å². The number of nitrogens with one attached hydrogen (secondary N) is 1. The van der Waals surface area contributed by atoms with E-state index in [-0.39, 0.29) is 12.1 Å². The molecule has 0 aliphatic carbocycles. The molecule has 0 aliphatic heterocycles. The molecular weight excluding hydrogens is 410 g/mol. The lowest BCUT2D eigenvalue weighted by atomic mass is 9.83. The molecule has 0 aromatic heterocycles.